The van der Waals surface area contributed by atoms with Gasteiger partial charge in [-0.25, -0.2) is 9.97 Å². The predicted octanol–water partition coefficient (Wildman–Crippen LogP) is 3.39. The molecular formula is C20H23N5OS. The number of amides is 1. The summed E-state index contributed by atoms with van der Waals surface area (Å²) in [5.41, 5.74) is 1.74. The SMILES string of the molecule is C[C@H]1CCc2nc(NC(=O)C3CCN(c4ccc(C#N)cn4)CC3)sc2C1. The van der Waals surface area contributed by atoms with Gasteiger partial charge >= 0.3 is 0 Å². The van der Waals surface area contributed by atoms with Gasteiger partial charge in [0.1, 0.15) is 11.9 Å². The molecule has 2 aliphatic rings. The van der Waals surface area contributed by atoms with Gasteiger partial charge in [0.25, 0.3) is 0 Å². The molecule has 1 saturated heterocycles. The number of hydrogen-bond acceptors (Lipinski definition) is 6. The number of hydrogen-bond donors (Lipinski definition) is 1. The highest BCUT2D eigenvalue weighted by molar-refractivity contribution is 7.15. The second kappa shape index (κ2) is 7.65. The van der Waals surface area contributed by atoms with Crippen molar-refractivity contribution in [2.45, 2.75) is 39.0 Å². The number of nitriles is 1. The monoisotopic (exact) mass is 381 g/mol. The van der Waals surface area contributed by atoms with Crippen LogP contribution in [-0.4, -0.2) is 29.0 Å². The quantitative estimate of drug-likeness (QED) is 0.881. The summed E-state index contributed by atoms with van der Waals surface area (Å²) in [5, 5.41) is 12.7. The number of rotatable bonds is 3. The van der Waals surface area contributed by atoms with Crippen LogP contribution in [0, 0.1) is 23.2 Å². The maximum Gasteiger partial charge on any atom is 0.229 e. The van der Waals surface area contributed by atoms with Gasteiger partial charge in [-0.3, -0.25) is 4.79 Å². The Balaban J connectivity index is 1.33. The van der Waals surface area contributed by atoms with Gasteiger partial charge in [0.05, 0.1) is 11.3 Å². The third-order valence-electron chi connectivity index (χ3n) is 5.48. The van der Waals surface area contributed by atoms with Crippen molar-refractivity contribution >= 4 is 28.2 Å². The minimum atomic E-state index is 0.0134. The van der Waals surface area contributed by atoms with Crippen molar-refractivity contribution < 1.29 is 4.79 Å². The Labute approximate surface area is 163 Å². The molecule has 6 nitrogen and oxygen atoms in total. The molecule has 7 heteroatoms. The van der Waals surface area contributed by atoms with Crippen molar-refractivity contribution in [3.8, 4) is 6.07 Å². The van der Waals surface area contributed by atoms with Gasteiger partial charge in [0.15, 0.2) is 5.13 Å². The first-order chi connectivity index (χ1) is 13.1. The van der Waals surface area contributed by atoms with E-state index in [2.05, 4.69) is 33.2 Å². The molecule has 4 rings (SSSR count). The molecule has 2 aromatic rings. The number of nitrogens with zero attached hydrogens (tertiary/aromatic N) is 4. The zero-order valence-corrected chi connectivity index (χ0v) is 16.3. The number of aromatic nitrogens is 2. The normalized spacial score (nSPS) is 20.0. The van der Waals surface area contributed by atoms with Gasteiger partial charge in [-0.2, -0.15) is 5.26 Å². The van der Waals surface area contributed by atoms with Crippen LogP contribution in [0.4, 0.5) is 10.9 Å². The molecule has 3 heterocycles. The molecule has 2 aromatic heterocycles. The third-order valence-corrected chi connectivity index (χ3v) is 6.52. The molecule has 0 unspecified atom stereocenters. The number of pyridine rings is 1. The van der Waals surface area contributed by atoms with Crippen LogP contribution in [0.3, 0.4) is 0 Å². The fraction of sp³-hybridized carbons (Fsp3) is 0.500. The molecule has 1 atom stereocenters. The highest BCUT2D eigenvalue weighted by Gasteiger charge is 2.27. The Kier molecular flexibility index (Phi) is 5.08. The fourth-order valence-corrected chi connectivity index (χ4v) is 4.98. The topological polar surface area (TPSA) is 81.9 Å². The second-order valence-corrected chi connectivity index (χ2v) is 8.59. The highest BCUT2D eigenvalue weighted by atomic mass is 32.1. The van der Waals surface area contributed by atoms with Gasteiger partial charge in [-0.15, -0.1) is 11.3 Å². The molecule has 27 heavy (non-hydrogen) atoms. The van der Waals surface area contributed by atoms with Gasteiger partial charge in [-0.1, -0.05) is 6.92 Å². The van der Waals surface area contributed by atoms with Crippen molar-refractivity contribution in [3.05, 3.63) is 34.5 Å². The van der Waals surface area contributed by atoms with E-state index < -0.39 is 0 Å². The number of carbonyl (C=O) groups is 1. The van der Waals surface area contributed by atoms with E-state index >= 15 is 0 Å². The summed E-state index contributed by atoms with van der Waals surface area (Å²) in [4.78, 5) is 25.2. The summed E-state index contributed by atoms with van der Waals surface area (Å²) in [6.45, 7) is 3.86. The molecule has 1 aliphatic carbocycles. The summed E-state index contributed by atoms with van der Waals surface area (Å²) in [6.07, 6.45) is 6.49. The summed E-state index contributed by atoms with van der Waals surface area (Å²) < 4.78 is 0. The van der Waals surface area contributed by atoms with Crippen LogP contribution in [-0.2, 0) is 17.6 Å². The van der Waals surface area contributed by atoms with Gasteiger partial charge in [-0.05, 0) is 50.2 Å². The summed E-state index contributed by atoms with van der Waals surface area (Å²) >= 11 is 1.64. The maximum absolute atomic E-state index is 12.7. The Morgan fingerprint density at radius 2 is 2.15 bits per heavy atom. The minimum absolute atomic E-state index is 0.0134. The molecule has 0 saturated carbocycles. The van der Waals surface area contributed by atoms with Crippen LogP contribution in [0.1, 0.15) is 42.3 Å². The average molecular weight is 382 g/mol. The van der Waals surface area contributed by atoms with Gasteiger partial charge in [0.2, 0.25) is 5.91 Å². The smallest absolute Gasteiger partial charge is 0.229 e. The van der Waals surface area contributed by atoms with Crippen molar-refractivity contribution in [2.75, 3.05) is 23.3 Å². The fourth-order valence-electron chi connectivity index (χ4n) is 3.81. The largest absolute Gasteiger partial charge is 0.357 e. The molecule has 140 valence electrons. The van der Waals surface area contributed by atoms with Crippen LogP contribution in [0.15, 0.2) is 18.3 Å². The Hall–Kier alpha value is -2.46. The Morgan fingerprint density at radius 3 is 2.85 bits per heavy atom. The van der Waals surface area contributed by atoms with Crippen LogP contribution < -0.4 is 10.2 Å². The average Bonchev–Trinajstić information content (AvgIpc) is 3.09. The summed E-state index contributed by atoms with van der Waals surface area (Å²) in [5.74, 6) is 1.68. The number of carbonyl (C=O) groups excluding carboxylic acids is 1. The lowest BCUT2D eigenvalue weighted by Crippen LogP contribution is -2.38. The first-order valence-electron chi connectivity index (χ1n) is 9.53. The predicted molar refractivity (Wildman–Crippen MR) is 106 cm³/mol. The van der Waals surface area contributed by atoms with Crippen molar-refractivity contribution in [3.63, 3.8) is 0 Å². The molecule has 1 aliphatic heterocycles. The summed E-state index contributed by atoms with van der Waals surface area (Å²) in [7, 11) is 0. The molecule has 0 aromatic carbocycles. The second-order valence-electron chi connectivity index (χ2n) is 7.50. The Bertz CT molecular complexity index is 861. The zero-order chi connectivity index (χ0) is 18.8. The van der Waals surface area contributed by atoms with E-state index in [0.29, 0.717) is 11.5 Å². The van der Waals surface area contributed by atoms with E-state index in [-0.39, 0.29) is 11.8 Å². The van der Waals surface area contributed by atoms with Crippen molar-refractivity contribution in [2.24, 2.45) is 11.8 Å². The molecule has 0 spiro atoms. The number of aryl methyl sites for hydroxylation is 1. The molecule has 0 bridgehead atoms. The van der Waals surface area contributed by atoms with Crippen molar-refractivity contribution in [1.82, 2.24) is 9.97 Å². The van der Waals surface area contributed by atoms with Crippen molar-refractivity contribution in [1.29, 1.82) is 5.26 Å². The van der Waals surface area contributed by atoms with E-state index in [1.54, 1.807) is 23.6 Å². The van der Waals surface area contributed by atoms with Crippen LogP contribution in [0.5, 0.6) is 0 Å². The highest BCUT2D eigenvalue weighted by Crippen LogP contribution is 2.32. The van der Waals surface area contributed by atoms with E-state index in [1.807, 2.05) is 6.07 Å². The molecular weight excluding hydrogens is 358 g/mol. The number of thiazole rings is 1. The van der Waals surface area contributed by atoms with Crippen LogP contribution >= 0.6 is 11.3 Å². The lowest BCUT2D eigenvalue weighted by molar-refractivity contribution is -0.120. The van der Waals surface area contributed by atoms with Gasteiger partial charge in [0, 0.05) is 30.1 Å². The molecule has 1 amide bonds. The van der Waals surface area contributed by atoms with E-state index in [4.69, 9.17) is 5.26 Å². The summed E-state index contributed by atoms with van der Waals surface area (Å²) in [6, 6.07) is 5.74. The maximum atomic E-state index is 12.7. The number of anilines is 2. The number of nitrogens with one attached hydrogen (secondary N) is 1. The molecule has 1 N–H and O–H groups in total. The number of fused-ring (bicyclic) bond motifs is 1. The lowest BCUT2D eigenvalue weighted by Gasteiger charge is -2.31. The van der Waals surface area contributed by atoms with E-state index in [0.717, 1.165) is 49.7 Å². The van der Waals surface area contributed by atoms with E-state index in [9.17, 15) is 4.79 Å². The van der Waals surface area contributed by atoms with E-state index in [1.165, 1.54) is 17.0 Å². The number of piperidine rings is 1. The Morgan fingerprint density at radius 1 is 1.33 bits per heavy atom. The molecule has 1 fully saturated rings. The first-order valence-corrected chi connectivity index (χ1v) is 10.3. The van der Waals surface area contributed by atoms with Crippen LogP contribution in [0.25, 0.3) is 0 Å². The third kappa shape index (κ3) is 3.96. The lowest BCUT2D eigenvalue weighted by atomic mass is 9.93. The van der Waals surface area contributed by atoms with Gasteiger partial charge < -0.3 is 10.2 Å². The molecule has 0 radical (unpaired) electrons. The standard InChI is InChI=1S/C20H23N5OS/c1-13-2-4-16-17(10-13)27-20(23-16)24-19(26)15-6-8-25(9-7-15)18-5-3-14(11-21)12-22-18/h3,5,12-13,15H,2,4,6-10H2,1H3,(H,23,24,26)/t13-/m0/s1. The zero-order valence-electron chi connectivity index (χ0n) is 15.4. The first kappa shape index (κ1) is 17.9. The van der Waals surface area contributed by atoms with Crippen LogP contribution in [0.2, 0.25) is 0 Å². The minimum Gasteiger partial charge on any atom is -0.357 e.